The monoisotopic (exact) mass is 113 g/mol. The second-order valence-electron chi connectivity index (χ2n) is 1.91. The summed E-state index contributed by atoms with van der Waals surface area (Å²) in [5.41, 5.74) is 0. The van der Waals surface area contributed by atoms with Gasteiger partial charge in [-0.05, 0) is 0 Å². The predicted molar refractivity (Wildman–Crippen MR) is 26.2 cm³/mol. The van der Waals surface area contributed by atoms with E-state index in [4.69, 9.17) is 4.74 Å². The van der Waals surface area contributed by atoms with Gasteiger partial charge in [0.05, 0.1) is 19.7 Å². The van der Waals surface area contributed by atoms with Gasteiger partial charge in [0.15, 0.2) is 6.23 Å². The van der Waals surface area contributed by atoms with E-state index in [1.807, 2.05) is 5.01 Å². The van der Waals surface area contributed by atoms with Gasteiger partial charge in [-0.2, -0.15) is 5.11 Å². The van der Waals surface area contributed by atoms with Gasteiger partial charge >= 0.3 is 0 Å². The largest absolute Gasteiger partial charge is 0.350 e. The Balaban J connectivity index is 1.95. The zero-order chi connectivity index (χ0) is 5.40. The first-order valence-electron chi connectivity index (χ1n) is 2.72. The molecule has 0 aromatic rings. The van der Waals surface area contributed by atoms with E-state index < -0.39 is 0 Å². The molecule has 2 aliphatic heterocycles. The Morgan fingerprint density at radius 3 is 3.00 bits per heavy atom. The molecule has 0 bridgehead atoms. The lowest BCUT2D eigenvalue weighted by molar-refractivity contribution is 0.199. The van der Waals surface area contributed by atoms with E-state index in [1.165, 1.54) is 0 Å². The first-order chi connectivity index (χ1) is 3.97. The number of hydrogen-bond acceptors (Lipinski definition) is 4. The maximum Gasteiger partial charge on any atom is 0.170 e. The molecule has 1 fully saturated rings. The lowest BCUT2D eigenvalue weighted by atomic mass is 10.6. The van der Waals surface area contributed by atoms with Gasteiger partial charge in [0, 0.05) is 0 Å². The number of rotatable bonds is 1. The van der Waals surface area contributed by atoms with Gasteiger partial charge in [0.1, 0.15) is 0 Å². The molecule has 4 heteroatoms. The summed E-state index contributed by atoms with van der Waals surface area (Å²) in [6.45, 7) is 2.60. The van der Waals surface area contributed by atoms with Crippen molar-refractivity contribution in [3.63, 3.8) is 0 Å². The number of epoxide rings is 1. The fraction of sp³-hybridized carbons (Fsp3) is 1.00. The van der Waals surface area contributed by atoms with Crippen molar-refractivity contribution in [1.82, 2.24) is 5.01 Å². The van der Waals surface area contributed by atoms with E-state index >= 15 is 0 Å². The third kappa shape index (κ3) is 0.571. The highest BCUT2D eigenvalue weighted by Crippen LogP contribution is 2.17. The van der Waals surface area contributed by atoms with E-state index in [9.17, 15) is 0 Å². The van der Waals surface area contributed by atoms with Crippen LogP contribution in [0, 0.1) is 0 Å². The van der Waals surface area contributed by atoms with Crippen molar-refractivity contribution >= 4 is 0 Å². The summed E-state index contributed by atoms with van der Waals surface area (Å²) in [5.74, 6) is 0. The van der Waals surface area contributed by atoms with Gasteiger partial charge in [-0.25, -0.2) is 5.01 Å². The molecule has 44 valence electrons. The fourth-order valence-electron chi connectivity index (χ4n) is 0.735. The molecule has 2 rings (SSSR count). The van der Waals surface area contributed by atoms with Crippen molar-refractivity contribution in [2.24, 2.45) is 10.3 Å². The molecule has 0 aromatic carbocycles. The molecule has 2 heterocycles. The minimum atomic E-state index is 0.265. The Bertz CT molecular complexity index is 120. The molecule has 0 N–H and O–H groups in total. The normalized spacial score (nSPS) is 34.0. The van der Waals surface area contributed by atoms with Crippen molar-refractivity contribution in [3.05, 3.63) is 0 Å². The molecular weight excluding hydrogens is 106 g/mol. The summed E-state index contributed by atoms with van der Waals surface area (Å²) < 4.78 is 4.96. The Labute approximate surface area is 47.1 Å². The van der Waals surface area contributed by atoms with Crippen LogP contribution in [0.3, 0.4) is 0 Å². The van der Waals surface area contributed by atoms with Crippen molar-refractivity contribution in [2.75, 3.05) is 19.7 Å². The van der Waals surface area contributed by atoms with Crippen LogP contribution in [0.4, 0.5) is 0 Å². The van der Waals surface area contributed by atoms with E-state index in [1.54, 1.807) is 0 Å². The molecule has 0 amide bonds. The molecule has 1 unspecified atom stereocenters. The summed E-state index contributed by atoms with van der Waals surface area (Å²) >= 11 is 0. The topological polar surface area (TPSA) is 40.5 Å². The van der Waals surface area contributed by atoms with Gasteiger partial charge in [-0.3, -0.25) is 0 Å². The lowest BCUT2D eigenvalue weighted by Crippen LogP contribution is -2.18. The average Bonchev–Trinajstić information content (AvgIpc) is 2.49. The molecular formula is C4H7N3O. The van der Waals surface area contributed by atoms with Gasteiger partial charge in [0.2, 0.25) is 0 Å². The van der Waals surface area contributed by atoms with Crippen LogP contribution in [0.15, 0.2) is 10.3 Å². The lowest BCUT2D eigenvalue weighted by Gasteiger charge is -2.04. The molecule has 4 nitrogen and oxygen atoms in total. The van der Waals surface area contributed by atoms with Crippen molar-refractivity contribution in [3.8, 4) is 0 Å². The van der Waals surface area contributed by atoms with E-state index in [0.29, 0.717) is 0 Å². The van der Waals surface area contributed by atoms with Crippen LogP contribution in [0.2, 0.25) is 0 Å². The Kier molecular flexibility index (Phi) is 0.754. The second-order valence-corrected chi connectivity index (χ2v) is 1.91. The quantitative estimate of drug-likeness (QED) is 0.450. The van der Waals surface area contributed by atoms with Crippen LogP contribution < -0.4 is 0 Å². The van der Waals surface area contributed by atoms with Gasteiger partial charge < -0.3 is 4.74 Å². The smallest absolute Gasteiger partial charge is 0.170 e. The molecule has 0 saturated carbocycles. The molecule has 1 saturated heterocycles. The highest BCUT2D eigenvalue weighted by atomic mass is 16.6. The molecule has 0 aliphatic carbocycles. The van der Waals surface area contributed by atoms with Gasteiger partial charge in [0.25, 0.3) is 0 Å². The van der Waals surface area contributed by atoms with Crippen LogP contribution >= 0.6 is 0 Å². The predicted octanol–water partition coefficient (Wildman–Crippen LogP) is 0.0255. The summed E-state index contributed by atoms with van der Waals surface area (Å²) in [7, 11) is 0. The number of nitrogens with zero attached hydrogens (tertiary/aromatic N) is 3. The van der Waals surface area contributed by atoms with E-state index in [-0.39, 0.29) is 6.23 Å². The molecule has 8 heavy (non-hydrogen) atoms. The zero-order valence-corrected chi connectivity index (χ0v) is 4.45. The number of hydrogen-bond donors (Lipinski definition) is 0. The van der Waals surface area contributed by atoms with Crippen LogP contribution in [0.5, 0.6) is 0 Å². The maximum atomic E-state index is 4.96. The number of ether oxygens (including phenoxy) is 1. The SMILES string of the molecule is C1CN(C2CO2)N=N1. The van der Waals surface area contributed by atoms with Crippen LogP contribution in [-0.2, 0) is 4.74 Å². The standard InChI is InChI=1S/C4H7N3O/c1-2-7(6-5-1)4-3-8-4/h4H,1-3H2. The zero-order valence-electron chi connectivity index (χ0n) is 4.45. The first kappa shape index (κ1) is 4.26. The third-order valence-corrected chi connectivity index (χ3v) is 1.26. The summed E-state index contributed by atoms with van der Waals surface area (Å²) in [4.78, 5) is 0. The Morgan fingerprint density at radius 1 is 1.62 bits per heavy atom. The third-order valence-electron chi connectivity index (χ3n) is 1.26. The molecule has 2 aliphatic rings. The van der Waals surface area contributed by atoms with E-state index in [0.717, 1.165) is 19.7 Å². The van der Waals surface area contributed by atoms with Crippen LogP contribution in [0.1, 0.15) is 0 Å². The second kappa shape index (κ2) is 1.42. The van der Waals surface area contributed by atoms with Crippen LogP contribution in [0.25, 0.3) is 0 Å². The molecule has 0 aromatic heterocycles. The Morgan fingerprint density at radius 2 is 2.50 bits per heavy atom. The molecule has 0 radical (unpaired) electrons. The highest BCUT2D eigenvalue weighted by molar-refractivity contribution is 4.70. The van der Waals surface area contributed by atoms with E-state index in [2.05, 4.69) is 10.3 Å². The first-order valence-corrected chi connectivity index (χ1v) is 2.72. The maximum absolute atomic E-state index is 4.96. The minimum absolute atomic E-state index is 0.265. The van der Waals surface area contributed by atoms with Crippen LogP contribution in [-0.4, -0.2) is 30.9 Å². The highest BCUT2D eigenvalue weighted by Gasteiger charge is 2.31. The molecule has 1 atom stereocenters. The fourth-order valence-corrected chi connectivity index (χ4v) is 0.735. The molecule has 0 spiro atoms. The van der Waals surface area contributed by atoms with Gasteiger partial charge in [-0.15, -0.1) is 0 Å². The summed E-state index contributed by atoms with van der Waals surface area (Å²) in [6, 6.07) is 0. The average molecular weight is 113 g/mol. The van der Waals surface area contributed by atoms with Gasteiger partial charge in [-0.1, -0.05) is 5.22 Å². The minimum Gasteiger partial charge on any atom is -0.350 e. The summed E-state index contributed by atoms with van der Waals surface area (Å²) in [5, 5.41) is 9.50. The van der Waals surface area contributed by atoms with Crippen molar-refractivity contribution < 1.29 is 4.74 Å². The Hall–Kier alpha value is -0.640. The van der Waals surface area contributed by atoms with Crippen molar-refractivity contribution in [1.29, 1.82) is 0 Å². The summed E-state index contributed by atoms with van der Waals surface area (Å²) in [6.07, 6.45) is 0.265. The van der Waals surface area contributed by atoms with Crippen molar-refractivity contribution in [2.45, 2.75) is 6.23 Å².